The molecule has 25 heavy (non-hydrogen) atoms. The number of H-pyrrole nitrogens is 1. The number of fused-ring (bicyclic) bond motifs is 1. The average molecular weight is 345 g/mol. The lowest BCUT2D eigenvalue weighted by Crippen LogP contribution is -2.40. The van der Waals surface area contributed by atoms with Crippen molar-refractivity contribution in [3.05, 3.63) is 44.6 Å². The summed E-state index contributed by atoms with van der Waals surface area (Å²) in [5, 5.41) is 3.18. The lowest BCUT2D eigenvalue weighted by Gasteiger charge is -2.15. The van der Waals surface area contributed by atoms with Gasteiger partial charge in [-0.25, -0.2) is 9.59 Å². The van der Waals surface area contributed by atoms with Crippen molar-refractivity contribution in [1.29, 1.82) is 0 Å². The number of carbonyl (C=O) groups is 2. The predicted molar refractivity (Wildman–Crippen MR) is 91.5 cm³/mol. The molecule has 4 N–H and O–H groups in total. The third kappa shape index (κ3) is 3.12. The van der Waals surface area contributed by atoms with Crippen LogP contribution in [0.2, 0.25) is 0 Å². The summed E-state index contributed by atoms with van der Waals surface area (Å²) in [5.41, 5.74) is 4.97. The number of nitrogens with zero attached hydrogens (tertiary/aromatic N) is 2. The molecule has 0 saturated carbocycles. The molecule has 0 spiro atoms. The van der Waals surface area contributed by atoms with E-state index in [0.29, 0.717) is 36.0 Å². The van der Waals surface area contributed by atoms with Gasteiger partial charge < -0.3 is 20.9 Å². The maximum absolute atomic E-state index is 12.4. The normalized spacial score (nSPS) is 17.0. The van der Waals surface area contributed by atoms with Gasteiger partial charge in [0.15, 0.2) is 0 Å². The number of aromatic nitrogens is 2. The summed E-state index contributed by atoms with van der Waals surface area (Å²) in [7, 11) is 0. The predicted octanol–water partition coefficient (Wildman–Crippen LogP) is -0.407. The van der Waals surface area contributed by atoms with Crippen molar-refractivity contribution in [2.45, 2.75) is 25.9 Å². The Labute approximate surface area is 142 Å². The number of hydrogen-bond acceptors (Lipinski definition) is 4. The largest absolute Gasteiger partial charge is 0.351 e. The zero-order chi connectivity index (χ0) is 18.1. The number of carbonyl (C=O) groups excluding carboxylic acids is 2. The second-order valence-electron chi connectivity index (χ2n) is 5.98. The van der Waals surface area contributed by atoms with Crippen LogP contribution in [0.1, 0.15) is 23.7 Å². The van der Waals surface area contributed by atoms with Gasteiger partial charge in [0.1, 0.15) is 0 Å². The molecule has 1 aliphatic rings. The number of rotatable bonds is 3. The molecule has 2 heterocycles. The SMILES string of the molecule is CCn1c(=O)[nH]c2cc(C(=O)NC3CCN(C(N)=O)C3)ccc2c1=O. The van der Waals surface area contributed by atoms with E-state index in [1.807, 2.05) is 0 Å². The zero-order valence-electron chi connectivity index (χ0n) is 13.7. The van der Waals surface area contributed by atoms with Crippen molar-refractivity contribution in [2.75, 3.05) is 13.1 Å². The van der Waals surface area contributed by atoms with Gasteiger partial charge in [-0.05, 0) is 31.5 Å². The van der Waals surface area contributed by atoms with Crippen LogP contribution < -0.4 is 22.3 Å². The van der Waals surface area contributed by atoms with Crippen LogP contribution in [-0.2, 0) is 6.54 Å². The van der Waals surface area contributed by atoms with Crippen LogP contribution >= 0.6 is 0 Å². The average Bonchev–Trinajstić information content (AvgIpc) is 3.03. The summed E-state index contributed by atoms with van der Waals surface area (Å²) in [6.45, 7) is 2.85. The fourth-order valence-electron chi connectivity index (χ4n) is 3.03. The molecule has 9 nitrogen and oxygen atoms in total. The first-order chi connectivity index (χ1) is 11.9. The van der Waals surface area contributed by atoms with Crippen LogP contribution in [-0.4, -0.2) is 45.5 Å². The van der Waals surface area contributed by atoms with Crippen molar-refractivity contribution < 1.29 is 9.59 Å². The zero-order valence-corrected chi connectivity index (χ0v) is 13.7. The number of urea groups is 1. The Bertz CT molecular complexity index is 961. The van der Waals surface area contributed by atoms with Gasteiger partial charge >= 0.3 is 11.7 Å². The smallest absolute Gasteiger partial charge is 0.328 e. The molecule has 1 aromatic heterocycles. The molecule has 1 unspecified atom stereocenters. The summed E-state index contributed by atoms with van der Waals surface area (Å²) in [6, 6.07) is 3.86. The molecule has 9 heteroatoms. The van der Waals surface area contributed by atoms with E-state index >= 15 is 0 Å². The third-order valence-corrected chi connectivity index (χ3v) is 4.40. The van der Waals surface area contributed by atoms with Crippen LogP contribution in [0.4, 0.5) is 4.79 Å². The van der Waals surface area contributed by atoms with Crippen molar-refractivity contribution in [3.8, 4) is 0 Å². The van der Waals surface area contributed by atoms with Crippen LogP contribution in [0, 0.1) is 0 Å². The van der Waals surface area contributed by atoms with Crippen LogP contribution in [0.5, 0.6) is 0 Å². The molecule has 1 aliphatic heterocycles. The summed E-state index contributed by atoms with van der Waals surface area (Å²) in [4.78, 5) is 51.8. The molecule has 0 bridgehead atoms. The highest BCUT2D eigenvalue weighted by atomic mass is 16.2. The second kappa shape index (κ2) is 6.42. The fraction of sp³-hybridized carbons (Fsp3) is 0.375. The molecular formula is C16H19N5O4. The minimum Gasteiger partial charge on any atom is -0.351 e. The van der Waals surface area contributed by atoms with E-state index in [2.05, 4.69) is 10.3 Å². The van der Waals surface area contributed by atoms with Gasteiger partial charge in [-0.3, -0.25) is 14.2 Å². The van der Waals surface area contributed by atoms with E-state index in [0.717, 1.165) is 4.57 Å². The highest BCUT2D eigenvalue weighted by molar-refractivity contribution is 5.97. The van der Waals surface area contributed by atoms with E-state index in [9.17, 15) is 19.2 Å². The molecule has 1 saturated heterocycles. The monoisotopic (exact) mass is 345 g/mol. The Balaban J connectivity index is 1.84. The second-order valence-corrected chi connectivity index (χ2v) is 5.98. The molecule has 0 radical (unpaired) electrons. The molecule has 1 fully saturated rings. The van der Waals surface area contributed by atoms with Gasteiger partial charge in [0.25, 0.3) is 11.5 Å². The highest BCUT2D eigenvalue weighted by Crippen LogP contribution is 2.12. The van der Waals surface area contributed by atoms with Gasteiger partial charge in [-0.2, -0.15) is 0 Å². The van der Waals surface area contributed by atoms with E-state index in [1.165, 1.54) is 23.1 Å². The maximum atomic E-state index is 12.4. The summed E-state index contributed by atoms with van der Waals surface area (Å²) < 4.78 is 1.10. The van der Waals surface area contributed by atoms with Crippen molar-refractivity contribution >= 4 is 22.8 Å². The minimum absolute atomic E-state index is 0.178. The highest BCUT2D eigenvalue weighted by Gasteiger charge is 2.26. The number of benzene rings is 1. The number of amides is 3. The Morgan fingerprint density at radius 2 is 2.12 bits per heavy atom. The number of likely N-dealkylation sites (tertiary alicyclic amines) is 1. The van der Waals surface area contributed by atoms with Gasteiger partial charge in [-0.15, -0.1) is 0 Å². The maximum Gasteiger partial charge on any atom is 0.328 e. The molecule has 0 aliphatic carbocycles. The van der Waals surface area contributed by atoms with Crippen LogP contribution in [0.3, 0.4) is 0 Å². The van der Waals surface area contributed by atoms with Crippen LogP contribution in [0.25, 0.3) is 10.9 Å². The Hall–Kier alpha value is -3.10. The molecular weight excluding hydrogens is 326 g/mol. The van der Waals surface area contributed by atoms with E-state index in [1.54, 1.807) is 6.92 Å². The minimum atomic E-state index is -0.509. The quantitative estimate of drug-likeness (QED) is 0.698. The fourth-order valence-corrected chi connectivity index (χ4v) is 3.03. The first-order valence-corrected chi connectivity index (χ1v) is 8.02. The van der Waals surface area contributed by atoms with E-state index in [-0.39, 0.29) is 24.1 Å². The number of primary amides is 1. The van der Waals surface area contributed by atoms with Gasteiger partial charge in [0.2, 0.25) is 0 Å². The first-order valence-electron chi connectivity index (χ1n) is 8.02. The van der Waals surface area contributed by atoms with Gasteiger partial charge in [0.05, 0.1) is 10.9 Å². The van der Waals surface area contributed by atoms with Gasteiger partial charge in [-0.1, -0.05) is 0 Å². The summed E-state index contributed by atoms with van der Waals surface area (Å²) in [5.74, 6) is -0.335. The van der Waals surface area contributed by atoms with Crippen molar-refractivity contribution in [1.82, 2.24) is 19.8 Å². The third-order valence-electron chi connectivity index (χ3n) is 4.40. The molecule has 3 amide bonds. The Morgan fingerprint density at radius 3 is 2.76 bits per heavy atom. The van der Waals surface area contributed by atoms with E-state index in [4.69, 9.17) is 5.73 Å². The summed E-state index contributed by atoms with van der Waals surface area (Å²) >= 11 is 0. The first kappa shape index (κ1) is 16.7. The van der Waals surface area contributed by atoms with E-state index < -0.39 is 11.7 Å². The number of hydrogen-bond donors (Lipinski definition) is 3. The van der Waals surface area contributed by atoms with Crippen molar-refractivity contribution in [2.24, 2.45) is 5.73 Å². The molecule has 2 aromatic rings. The van der Waals surface area contributed by atoms with Gasteiger partial charge in [0, 0.05) is 31.2 Å². The summed E-state index contributed by atoms with van der Waals surface area (Å²) in [6.07, 6.45) is 0.625. The van der Waals surface area contributed by atoms with Crippen LogP contribution in [0.15, 0.2) is 27.8 Å². The number of aromatic amines is 1. The van der Waals surface area contributed by atoms with Crippen molar-refractivity contribution in [3.63, 3.8) is 0 Å². The standard InChI is InChI=1S/C16H19N5O4/c1-2-21-14(23)11-4-3-9(7-12(11)19-16(21)25)13(22)18-10-5-6-20(8-10)15(17)24/h3-4,7,10H,2,5-6,8H2,1H3,(H2,17,24)(H,18,22)(H,19,25). The molecule has 1 atom stereocenters. The molecule has 132 valence electrons. The Morgan fingerprint density at radius 1 is 1.36 bits per heavy atom. The Kier molecular flexibility index (Phi) is 4.30. The molecule has 3 rings (SSSR count). The lowest BCUT2D eigenvalue weighted by atomic mass is 10.1. The lowest BCUT2D eigenvalue weighted by molar-refractivity contribution is 0.0938. The number of nitrogens with two attached hydrogens (primary N) is 1. The topological polar surface area (TPSA) is 130 Å². The number of nitrogens with one attached hydrogen (secondary N) is 2. The molecule has 1 aromatic carbocycles.